The molecule has 1 N–H and O–H groups in total. The van der Waals surface area contributed by atoms with Crippen molar-refractivity contribution >= 4 is 0 Å². The number of pyridine rings is 2. The van der Waals surface area contributed by atoms with Crippen molar-refractivity contribution in [3.63, 3.8) is 0 Å². The normalized spacial score (nSPS) is 10.1. The second kappa shape index (κ2) is 11.8. The molecular formula is C20H32N2O+2. The smallest absolute Gasteiger partial charge is 0.169 e. The number of nitrogens with zero attached hydrogens (tertiary/aromatic N) is 2. The topological polar surface area (TPSA) is 28.0 Å². The maximum atomic E-state index is 8.80. The van der Waals surface area contributed by atoms with Crippen molar-refractivity contribution < 1.29 is 14.2 Å². The van der Waals surface area contributed by atoms with Gasteiger partial charge in [-0.3, -0.25) is 0 Å². The van der Waals surface area contributed by atoms with Crippen LogP contribution in [0.5, 0.6) is 0 Å². The lowest BCUT2D eigenvalue weighted by atomic mass is 10.3. The number of hydrogen-bond donors (Lipinski definition) is 1. The molecule has 0 amide bonds. The van der Waals surface area contributed by atoms with Crippen molar-refractivity contribution in [2.75, 3.05) is 0 Å². The molecule has 0 spiro atoms. The van der Waals surface area contributed by atoms with Gasteiger partial charge < -0.3 is 5.11 Å². The summed E-state index contributed by atoms with van der Waals surface area (Å²) in [6.07, 6.45) is 13.3. The van der Waals surface area contributed by atoms with Crippen molar-refractivity contribution in [3.05, 3.63) is 60.2 Å². The molecule has 3 nitrogen and oxygen atoms in total. The van der Waals surface area contributed by atoms with Crippen molar-refractivity contribution in [2.24, 2.45) is 0 Å². The Labute approximate surface area is 141 Å². The van der Waals surface area contributed by atoms with E-state index in [0.717, 1.165) is 18.7 Å². The Morgan fingerprint density at radius 2 is 1.22 bits per heavy atom. The molecule has 0 aliphatic carbocycles. The van der Waals surface area contributed by atoms with Crippen molar-refractivity contribution in [1.29, 1.82) is 0 Å². The lowest BCUT2D eigenvalue weighted by Gasteiger charge is -1.95. The van der Waals surface area contributed by atoms with Crippen LogP contribution in [0.4, 0.5) is 0 Å². The summed E-state index contributed by atoms with van der Waals surface area (Å²) in [7, 11) is 0. The molecule has 0 bridgehead atoms. The van der Waals surface area contributed by atoms with Crippen LogP contribution in [0.2, 0.25) is 0 Å². The van der Waals surface area contributed by atoms with Gasteiger partial charge in [0.1, 0.15) is 13.1 Å². The van der Waals surface area contributed by atoms with Crippen LogP contribution in [0.25, 0.3) is 0 Å². The van der Waals surface area contributed by atoms with E-state index in [0.29, 0.717) is 0 Å². The van der Waals surface area contributed by atoms with Crippen LogP contribution in [-0.2, 0) is 19.7 Å². The highest BCUT2D eigenvalue weighted by Crippen LogP contribution is 1.94. The lowest BCUT2D eigenvalue weighted by Crippen LogP contribution is -2.32. The predicted octanol–water partition coefficient (Wildman–Crippen LogP) is 3.35. The molecule has 126 valence electrons. The molecule has 23 heavy (non-hydrogen) atoms. The summed E-state index contributed by atoms with van der Waals surface area (Å²) in [4.78, 5) is 0. The minimum atomic E-state index is 0.134. The third kappa shape index (κ3) is 8.46. The van der Waals surface area contributed by atoms with Crippen LogP contribution in [0.3, 0.4) is 0 Å². The summed E-state index contributed by atoms with van der Waals surface area (Å²) in [6.45, 7) is 8.87. The monoisotopic (exact) mass is 316 g/mol. The molecule has 2 rings (SSSR count). The zero-order valence-corrected chi connectivity index (χ0v) is 14.9. The van der Waals surface area contributed by atoms with Crippen molar-refractivity contribution in [3.8, 4) is 0 Å². The van der Waals surface area contributed by atoms with Crippen LogP contribution < -0.4 is 9.13 Å². The number of rotatable bonds is 7. The fourth-order valence-electron chi connectivity index (χ4n) is 2.10. The van der Waals surface area contributed by atoms with Gasteiger partial charge in [0, 0.05) is 37.1 Å². The van der Waals surface area contributed by atoms with E-state index in [1.54, 1.807) is 0 Å². The zero-order valence-electron chi connectivity index (χ0n) is 14.9. The molecule has 0 saturated carbocycles. The fraction of sp³-hybridized carbons (Fsp3) is 0.500. The Morgan fingerprint density at radius 3 is 1.61 bits per heavy atom. The molecule has 2 heterocycles. The van der Waals surface area contributed by atoms with Gasteiger partial charge >= 0.3 is 0 Å². The van der Waals surface area contributed by atoms with Gasteiger partial charge in [-0.1, -0.05) is 26.7 Å². The minimum Gasteiger partial charge on any atom is -0.392 e. The summed E-state index contributed by atoms with van der Waals surface area (Å²) in [5, 5.41) is 8.80. The van der Waals surface area contributed by atoms with E-state index in [2.05, 4.69) is 54.4 Å². The molecule has 0 atom stereocenters. The number of aryl methyl sites for hydroxylation is 3. The molecule has 0 saturated heterocycles. The summed E-state index contributed by atoms with van der Waals surface area (Å²) in [6, 6.07) is 8.20. The van der Waals surface area contributed by atoms with Crippen LogP contribution in [0.1, 0.15) is 50.7 Å². The number of aliphatic hydroxyl groups is 1. The maximum Gasteiger partial charge on any atom is 0.169 e. The summed E-state index contributed by atoms with van der Waals surface area (Å²) < 4.78 is 4.37. The molecule has 0 radical (unpaired) electrons. The quantitative estimate of drug-likeness (QED) is 0.780. The Bertz CT molecular complexity index is 520. The highest BCUT2D eigenvalue weighted by molar-refractivity contribution is 5.05. The first-order valence-electron chi connectivity index (χ1n) is 8.74. The van der Waals surface area contributed by atoms with Crippen LogP contribution in [0.15, 0.2) is 49.1 Å². The number of hydrogen-bond acceptors (Lipinski definition) is 1. The summed E-state index contributed by atoms with van der Waals surface area (Å²) in [5.74, 6) is 0. The number of unbranched alkanes of at least 4 members (excludes halogenated alkanes) is 2. The molecule has 0 unspecified atom stereocenters. The number of aliphatic hydroxyl groups excluding tert-OH is 1. The van der Waals surface area contributed by atoms with Crippen molar-refractivity contribution in [2.45, 2.75) is 66.2 Å². The predicted molar refractivity (Wildman–Crippen MR) is 93.7 cm³/mol. The van der Waals surface area contributed by atoms with E-state index in [-0.39, 0.29) is 6.61 Å². The maximum absolute atomic E-state index is 8.80. The summed E-state index contributed by atoms with van der Waals surface area (Å²) in [5.41, 5.74) is 2.31. The fourth-order valence-corrected chi connectivity index (χ4v) is 2.10. The van der Waals surface area contributed by atoms with Crippen LogP contribution >= 0.6 is 0 Å². The van der Waals surface area contributed by atoms with Crippen LogP contribution in [0, 0.1) is 6.92 Å². The minimum absolute atomic E-state index is 0.134. The largest absolute Gasteiger partial charge is 0.392 e. The third-order valence-electron chi connectivity index (χ3n) is 3.74. The number of aromatic nitrogens is 2. The van der Waals surface area contributed by atoms with E-state index in [1.807, 2.05) is 24.5 Å². The van der Waals surface area contributed by atoms with Gasteiger partial charge in [-0.15, -0.1) is 0 Å². The zero-order chi connectivity index (χ0) is 16.9. The highest BCUT2D eigenvalue weighted by Gasteiger charge is 1.98. The first kappa shape index (κ1) is 19.3. The van der Waals surface area contributed by atoms with Gasteiger partial charge in [0.2, 0.25) is 0 Å². The molecule has 2 aromatic rings. The lowest BCUT2D eigenvalue weighted by molar-refractivity contribution is -0.697. The van der Waals surface area contributed by atoms with Gasteiger partial charge in [0.15, 0.2) is 24.8 Å². The Hall–Kier alpha value is -1.74. The average molecular weight is 316 g/mol. The first-order chi connectivity index (χ1) is 11.2. The van der Waals surface area contributed by atoms with E-state index in [4.69, 9.17) is 5.11 Å². The summed E-state index contributed by atoms with van der Waals surface area (Å²) >= 11 is 0. The third-order valence-corrected chi connectivity index (χ3v) is 3.74. The van der Waals surface area contributed by atoms with Gasteiger partial charge in [0.05, 0.1) is 6.61 Å². The molecule has 2 aromatic heterocycles. The van der Waals surface area contributed by atoms with E-state index in [1.165, 1.54) is 31.2 Å². The second-order valence-corrected chi connectivity index (χ2v) is 5.92. The van der Waals surface area contributed by atoms with Gasteiger partial charge in [-0.05, 0) is 18.1 Å². The van der Waals surface area contributed by atoms with Gasteiger partial charge in [-0.2, -0.15) is 0 Å². The molecule has 0 aliphatic heterocycles. The van der Waals surface area contributed by atoms with Gasteiger partial charge in [-0.25, -0.2) is 9.13 Å². The molecule has 0 fully saturated rings. The molecule has 0 aromatic carbocycles. The standard InChI is InChI=1S/C10H16NO.C10H16N/c1-2-3-6-11-7-4-10(9-12)5-8-11;1-3-4-7-11-8-5-10(2)6-9-11/h4-5,7-8,12H,2-3,6,9H2,1H3;5-6,8-9H,3-4,7H2,1-2H3/q2*+1. The second-order valence-electron chi connectivity index (χ2n) is 5.92. The first-order valence-corrected chi connectivity index (χ1v) is 8.74. The van der Waals surface area contributed by atoms with E-state index in [9.17, 15) is 0 Å². The van der Waals surface area contributed by atoms with Gasteiger partial charge in [0.25, 0.3) is 0 Å². The van der Waals surface area contributed by atoms with E-state index < -0.39 is 0 Å². The SMILES string of the molecule is CCCC[n+]1ccc(C)cc1.CCCC[n+]1ccc(CO)cc1. The highest BCUT2D eigenvalue weighted by atomic mass is 16.3. The Kier molecular flexibility index (Phi) is 9.89. The Balaban J connectivity index is 0.000000231. The molecular weight excluding hydrogens is 284 g/mol. The molecule has 3 heteroatoms. The van der Waals surface area contributed by atoms with E-state index >= 15 is 0 Å². The van der Waals surface area contributed by atoms with Crippen molar-refractivity contribution in [1.82, 2.24) is 0 Å². The molecule has 0 aliphatic rings. The average Bonchev–Trinajstić information content (AvgIpc) is 2.60. The van der Waals surface area contributed by atoms with Crippen LogP contribution in [-0.4, -0.2) is 5.11 Å². The Morgan fingerprint density at radius 1 is 0.783 bits per heavy atom.